The van der Waals surface area contributed by atoms with Crippen LogP contribution >= 0.6 is 0 Å². The summed E-state index contributed by atoms with van der Waals surface area (Å²) >= 11 is 0. The molecule has 2 aromatic rings. The molecule has 0 aromatic heterocycles. The number of hydrogen-bond donors (Lipinski definition) is 2. The number of halogens is 1. The SMILES string of the molecule is NCc1cccc(C2(C(N)=O)CCCCN2c2ccc(N3CCCCC3=O)cc2F)c1. The van der Waals surface area contributed by atoms with Gasteiger partial charge < -0.3 is 21.3 Å². The minimum Gasteiger partial charge on any atom is -0.367 e. The quantitative estimate of drug-likeness (QED) is 0.771. The van der Waals surface area contributed by atoms with Crippen LogP contribution in [0.1, 0.15) is 49.7 Å². The number of primary amides is 1. The summed E-state index contributed by atoms with van der Waals surface area (Å²) in [7, 11) is 0. The van der Waals surface area contributed by atoms with Crippen LogP contribution in [-0.4, -0.2) is 24.9 Å². The number of hydrogen-bond acceptors (Lipinski definition) is 4. The third-order valence-electron chi connectivity index (χ3n) is 6.54. The van der Waals surface area contributed by atoms with E-state index in [1.54, 1.807) is 21.9 Å². The highest BCUT2D eigenvalue weighted by atomic mass is 19.1. The second-order valence-electron chi connectivity index (χ2n) is 8.38. The minimum atomic E-state index is -1.15. The standard InChI is InChI=1S/C24H29FN4O2/c25-20-15-19(28-12-3-1-8-22(28)30)9-10-21(20)29-13-4-2-11-24(29,23(27)31)18-7-5-6-17(14-18)16-26/h5-7,9-10,14-15H,1-4,8,11-13,16,26H2,(H2,27,31). The number of nitrogens with two attached hydrogens (primary N) is 2. The van der Waals surface area contributed by atoms with Crippen LogP contribution in [0.3, 0.4) is 0 Å². The van der Waals surface area contributed by atoms with Gasteiger partial charge in [-0.05, 0) is 61.4 Å². The molecule has 1 atom stereocenters. The molecule has 0 saturated carbocycles. The third-order valence-corrected chi connectivity index (χ3v) is 6.54. The Kier molecular flexibility index (Phi) is 5.96. The van der Waals surface area contributed by atoms with Gasteiger partial charge in [0.05, 0.1) is 5.69 Å². The maximum absolute atomic E-state index is 15.4. The Morgan fingerprint density at radius 3 is 2.58 bits per heavy atom. The van der Waals surface area contributed by atoms with Gasteiger partial charge in [0, 0.05) is 31.7 Å². The summed E-state index contributed by atoms with van der Waals surface area (Å²) in [5, 5.41) is 0. The van der Waals surface area contributed by atoms with Gasteiger partial charge in [-0.3, -0.25) is 9.59 Å². The molecule has 1 unspecified atom stereocenters. The number of nitrogens with zero attached hydrogens (tertiary/aromatic N) is 2. The number of benzene rings is 2. The van der Waals surface area contributed by atoms with Crippen molar-refractivity contribution in [3.8, 4) is 0 Å². The van der Waals surface area contributed by atoms with Gasteiger partial charge in [0.1, 0.15) is 11.4 Å². The monoisotopic (exact) mass is 424 g/mol. The maximum Gasteiger partial charge on any atom is 0.247 e. The number of piperidine rings is 2. The fourth-order valence-electron chi connectivity index (χ4n) is 4.92. The molecule has 0 aliphatic carbocycles. The average molecular weight is 425 g/mol. The van der Waals surface area contributed by atoms with E-state index in [2.05, 4.69) is 0 Å². The Balaban J connectivity index is 1.77. The van der Waals surface area contributed by atoms with Crippen molar-refractivity contribution in [1.29, 1.82) is 0 Å². The molecule has 2 aliphatic heterocycles. The molecule has 7 heteroatoms. The van der Waals surface area contributed by atoms with Crippen molar-refractivity contribution >= 4 is 23.2 Å². The first-order valence-electron chi connectivity index (χ1n) is 10.9. The molecule has 0 bridgehead atoms. The van der Waals surface area contributed by atoms with E-state index in [4.69, 9.17) is 11.5 Å². The first kappa shape index (κ1) is 21.3. The topological polar surface area (TPSA) is 92.7 Å². The molecule has 31 heavy (non-hydrogen) atoms. The van der Waals surface area contributed by atoms with E-state index in [9.17, 15) is 9.59 Å². The molecule has 2 heterocycles. The van der Waals surface area contributed by atoms with Crippen LogP contribution in [-0.2, 0) is 21.7 Å². The van der Waals surface area contributed by atoms with E-state index >= 15 is 4.39 Å². The minimum absolute atomic E-state index is 0.0152. The fraction of sp³-hybridized carbons (Fsp3) is 0.417. The highest BCUT2D eigenvalue weighted by Gasteiger charge is 2.46. The van der Waals surface area contributed by atoms with Crippen molar-refractivity contribution in [2.75, 3.05) is 22.9 Å². The van der Waals surface area contributed by atoms with E-state index < -0.39 is 17.3 Å². The zero-order chi connectivity index (χ0) is 22.0. The van der Waals surface area contributed by atoms with Crippen LogP contribution in [0.25, 0.3) is 0 Å². The van der Waals surface area contributed by atoms with Gasteiger partial charge in [-0.15, -0.1) is 0 Å². The third kappa shape index (κ3) is 3.78. The van der Waals surface area contributed by atoms with Gasteiger partial charge in [-0.25, -0.2) is 4.39 Å². The lowest BCUT2D eigenvalue weighted by atomic mass is 9.78. The second-order valence-corrected chi connectivity index (χ2v) is 8.38. The molecule has 2 saturated heterocycles. The van der Waals surface area contributed by atoms with E-state index in [0.717, 1.165) is 36.8 Å². The van der Waals surface area contributed by atoms with Gasteiger partial charge in [0.25, 0.3) is 0 Å². The number of anilines is 2. The number of carbonyl (C=O) groups is 2. The number of rotatable bonds is 5. The van der Waals surface area contributed by atoms with E-state index in [0.29, 0.717) is 43.9 Å². The lowest BCUT2D eigenvalue weighted by molar-refractivity contribution is -0.124. The fourth-order valence-corrected chi connectivity index (χ4v) is 4.92. The van der Waals surface area contributed by atoms with Crippen molar-refractivity contribution in [3.63, 3.8) is 0 Å². The van der Waals surface area contributed by atoms with Crippen LogP contribution in [0, 0.1) is 5.82 Å². The first-order valence-corrected chi connectivity index (χ1v) is 10.9. The average Bonchev–Trinajstić information content (AvgIpc) is 2.79. The van der Waals surface area contributed by atoms with Gasteiger partial charge in [0.2, 0.25) is 11.8 Å². The zero-order valence-corrected chi connectivity index (χ0v) is 17.6. The summed E-state index contributed by atoms with van der Waals surface area (Å²) in [5.74, 6) is -0.948. The highest BCUT2D eigenvalue weighted by molar-refractivity contribution is 5.94. The van der Waals surface area contributed by atoms with Crippen LogP contribution in [0.15, 0.2) is 42.5 Å². The molecule has 2 aromatic carbocycles. The Morgan fingerprint density at radius 1 is 1.06 bits per heavy atom. The molecular formula is C24H29FN4O2. The highest BCUT2D eigenvalue weighted by Crippen LogP contribution is 2.42. The predicted molar refractivity (Wildman–Crippen MR) is 119 cm³/mol. The number of amides is 2. The Labute approximate surface area is 182 Å². The molecule has 2 amide bonds. The Bertz CT molecular complexity index is 995. The normalized spacial score (nSPS) is 21.9. The van der Waals surface area contributed by atoms with E-state index in [1.165, 1.54) is 6.07 Å². The van der Waals surface area contributed by atoms with Crippen molar-refractivity contribution in [2.45, 2.75) is 50.6 Å². The summed E-state index contributed by atoms with van der Waals surface area (Å²) in [4.78, 5) is 28.6. The molecular weight excluding hydrogens is 395 g/mol. The first-order chi connectivity index (χ1) is 15.0. The lowest BCUT2D eigenvalue weighted by Crippen LogP contribution is -2.58. The summed E-state index contributed by atoms with van der Waals surface area (Å²) < 4.78 is 15.4. The Morgan fingerprint density at radius 2 is 1.87 bits per heavy atom. The van der Waals surface area contributed by atoms with Crippen LogP contribution in [0.4, 0.5) is 15.8 Å². The molecule has 0 radical (unpaired) electrons. The van der Waals surface area contributed by atoms with Gasteiger partial charge in [-0.2, -0.15) is 0 Å². The van der Waals surface area contributed by atoms with Crippen LogP contribution < -0.4 is 21.3 Å². The van der Waals surface area contributed by atoms with Gasteiger partial charge in [0.15, 0.2) is 0 Å². The maximum atomic E-state index is 15.4. The zero-order valence-electron chi connectivity index (χ0n) is 17.6. The Hall–Kier alpha value is -2.93. The number of carbonyl (C=O) groups excluding carboxylic acids is 2. The molecule has 6 nitrogen and oxygen atoms in total. The molecule has 4 rings (SSSR count). The lowest BCUT2D eigenvalue weighted by Gasteiger charge is -2.47. The van der Waals surface area contributed by atoms with E-state index in [-0.39, 0.29) is 5.91 Å². The summed E-state index contributed by atoms with van der Waals surface area (Å²) in [6, 6.07) is 12.3. The van der Waals surface area contributed by atoms with Crippen LogP contribution in [0.5, 0.6) is 0 Å². The summed E-state index contributed by atoms with van der Waals surface area (Å²) in [6.07, 6.45) is 4.40. The smallest absolute Gasteiger partial charge is 0.247 e. The summed E-state index contributed by atoms with van der Waals surface area (Å²) in [6.45, 7) is 1.45. The van der Waals surface area contributed by atoms with Gasteiger partial charge >= 0.3 is 0 Å². The largest absolute Gasteiger partial charge is 0.367 e. The van der Waals surface area contributed by atoms with Crippen LogP contribution in [0.2, 0.25) is 0 Å². The van der Waals surface area contributed by atoms with Crippen molar-refractivity contribution < 1.29 is 14.0 Å². The molecule has 2 fully saturated rings. The second kappa shape index (κ2) is 8.67. The van der Waals surface area contributed by atoms with Crippen molar-refractivity contribution in [2.24, 2.45) is 11.5 Å². The summed E-state index contributed by atoms with van der Waals surface area (Å²) in [5.41, 5.74) is 13.2. The van der Waals surface area contributed by atoms with Crippen molar-refractivity contribution in [1.82, 2.24) is 0 Å². The molecule has 0 spiro atoms. The van der Waals surface area contributed by atoms with E-state index in [1.807, 2.05) is 24.3 Å². The molecule has 4 N–H and O–H groups in total. The van der Waals surface area contributed by atoms with Crippen molar-refractivity contribution in [3.05, 3.63) is 59.4 Å². The van der Waals surface area contributed by atoms with Gasteiger partial charge in [-0.1, -0.05) is 24.3 Å². The molecule has 164 valence electrons. The predicted octanol–water partition coefficient (Wildman–Crippen LogP) is 3.17. The molecule has 2 aliphatic rings.